The van der Waals surface area contributed by atoms with E-state index in [2.05, 4.69) is 43.5 Å². The van der Waals surface area contributed by atoms with Gasteiger partial charge in [-0.05, 0) is 63.4 Å². The van der Waals surface area contributed by atoms with Crippen LogP contribution in [0.2, 0.25) is 0 Å². The zero-order valence-electron chi connectivity index (χ0n) is 12.8. The maximum absolute atomic E-state index is 6.07. The minimum Gasteiger partial charge on any atom is -0.383 e. The van der Waals surface area contributed by atoms with Crippen LogP contribution in [0.25, 0.3) is 10.9 Å². The second-order valence-corrected chi connectivity index (χ2v) is 6.98. The predicted molar refractivity (Wildman–Crippen MR) is 94.9 cm³/mol. The second-order valence-electron chi connectivity index (χ2n) is 6.07. The highest BCUT2D eigenvalue weighted by Crippen LogP contribution is 2.24. The lowest BCUT2D eigenvalue weighted by Gasteiger charge is -2.25. The Hall–Kier alpha value is -1.40. The van der Waals surface area contributed by atoms with Crippen LogP contribution in [0.3, 0.4) is 0 Å². The van der Waals surface area contributed by atoms with Crippen molar-refractivity contribution in [2.45, 2.75) is 32.2 Å². The summed E-state index contributed by atoms with van der Waals surface area (Å²) in [6, 6.07) is 6.22. The van der Waals surface area contributed by atoms with E-state index in [0.717, 1.165) is 40.8 Å². The third-order valence-corrected chi connectivity index (χ3v) is 4.70. The Balaban J connectivity index is 1.71. The third-order valence-electron chi connectivity index (χ3n) is 4.21. The lowest BCUT2D eigenvalue weighted by Crippen LogP contribution is -2.31. The Bertz CT molecular complexity index is 654. The van der Waals surface area contributed by atoms with E-state index in [0.29, 0.717) is 17.8 Å². The lowest BCUT2D eigenvalue weighted by molar-refractivity contribution is 0.342. The smallest absolute Gasteiger partial charge is 0.225 e. The van der Waals surface area contributed by atoms with Gasteiger partial charge in [0.25, 0.3) is 0 Å². The first-order valence-electron chi connectivity index (χ1n) is 7.82. The first-order chi connectivity index (χ1) is 10.6. The van der Waals surface area contributed by atoms with Gasteiger partial charge in [0.1, 0.15) is 5.82 Å². The number of hydrogen-bond acceptors (Lipinski definition) is 5. The van der Waals surface area contributed by atoms with Crippen molar-refractivity contribution in [2.24, 2.45) is 5.92 Å². The summed E-state index contributed by atoms with van der Waals surface area (Å²) in [7, 11) is 0. The van der Waals surface area contributed by atoms with E-state index in [-0.39, 0.29) is 0 Å². The summed E-state index contributed by atoms with van der Waals surface area (Å²) in [5, 5.41) is 7.69. The molecule has 0 radical (unpaired) electrons. The van der Waals surface area contributed by atoms with E-state index in [4.69, 9.17) is 5.73 Å². The van der Waals surface area contributed by atoms with Gasteiger partial charge in [-0.1, -0.05) is 15.9 Å². The molecule has 3 rings (SSSR count). The quantitative estimate of drug-likeness (QED) is 0.777. The van der Waals surface area contributed by atoms with Crippen LogP contribution >= 0.6 is 15.9 Å². The van der Waals surface area contributed by atoms with Crippen molar-refractivity contribution >= 4 is 38.6 Å². The van der Waals surface area contributed by atoms with Crippen LogP contribution in [-0.4, -0.2) is 29.1 Å². The van der Waals surface area contributed by atoms with Crippen molar-refractivity contribution in [3.8, 4) is 0 Å². The number of piperidine rings is 1. The number of aromatic nitrogens is 2. The lowest BCUT2D eigenvalue weighted by atomic mass is 9.91. The number of rotatable bonds is 4. The molecule has 0 spiro atoms. The standard InChI is InChI=1S/C16H22BrN5/c1-10(8-11-4-6-19-7-5-11)20-16-21-14-3-2-12(17)9-13(14)15(18)22-16/h2-3,9-11,19H,4-8H2,1H3,(H3,18,20,21,22). The van der Waals surface area contributed by atoms with Gasteiger partial charge in [0.15, 0.2) is 0 Å². The second kappa shape index (κ2) is 6.79. The Kier molecular flexibility index (Phi) is 4.78. The molecule has 0 aliphatic carbocycles. The summed E-state index contributed by atoms with van der Waals surface area (Å²) >= 11 is 3.45. The Labute approximate surface area is 139 Å². The average Bonchev–Trinajstić information content (AvgIpc) is 2.49. The number of hydrogen-bond donors (Lipinski definition) is 3. The Morgan fingerprint density at radius 1 is 1.36 bits per heavy atom. The van der Waals surface area contributed by atoms with Crippen molar-refractivity contribution in [3.05, 3.63) is 22.7 Å². The van der Waals surface area contributed by atoms with Gasteiger partial charge in [-0.3, -0.25) is 0 Å². The van der Waals surface area contributed by atoms with Gasteiger partial charge in [0, 0.05) is 15.9 Å². The van der Waals surface area contributed by atoms with Gasteiger partial charge >= 0.3 is 0 Å². The number of nitrogens with one attached hydrogen (secondary N) is 2. The molecule has 2 aromatic rings. The molecule has 6 heteroatoms. The fourth-order valence-corrected chi connectivity index (χ4v) is 3.45. The number of halogens is 1. The average molecular weight is 364 g/mol. The molecule has 2 heterocycles. The summed E-state index contributed by atoms with van der Waals surface area (Å²) in [5.41, 5.74) is 6.93. The largest absolute Gasteiger partial charge is 0.383 e. The number of nitrogens with zero attached hydrogens (tertiary/aromatic N) is 2. The molecule has 4 N–H and O–H groups in total. The Morgan fingerprint density at radius 3 is 2.91 bits per heavy atom. The van der Waals surface area contributed by atoms with Gasteiger partial charge in [-0.2, -0.15) is 4.98 Å². The van der Waals surface area contributed by atoms with E-state index in [1.165, 1.54) is 12.8 Å². The van der Waals surface area contributed by atoms with E-state index in [9.17, 15) is 0 Å². The molecule has 1 unspecified atom stereocenters. The van der Waals surface area contributed by atoms with Crippen molar-refractivity contribution in [1.29, 1.82) is 0 Å². The van der Waals surface area contributed by atoms with Gasteiger partial charge in [-0.25, -0.2) is 4.98 Å². The third kappa shape index (κ3) is 3.67. The van der Waals surface area contributed by atoms with Crippen molar-refractivity contribution in [2.75, 3.05) is 24.1 Å². The number of fused-ring (bicyclic) bond motifs is 1. The van der Waals surface area contributed by atoms with Crippen molar-refractivity contribution in [3.63, 3.8) is 0 Å². The molecule has 5 nitrogen and oxygen atoms in total. The van der Waals surface area contributed by atoms with Crippen LogP contribution in [0.5, 0.6) is 0 Å². The molecule has 22 heavy (non-hydrogen) atoms. The fourth-order valence-electron chi connectivity index (χ4n) is 3.09. The van der Waals surface area contributed by atoms with Crippen LogP contribution < -0.4 is 16.4 Å². The number of nitrogens with two attached hydrogens (primary N) is 1. The van der Waals surface area contributed by atoms with E-state index >= 15 is 0 Å². The number of anilines is 2. The van der Waals surface area contributed by atoms with Gasteiger partial charge in [0.05, 0.1) is 5.52 Å². The zero-order valence-corrected chi connectivity index (χ0v) is 14.4. The topological polar surface area (TPSA) is 75.9 Å². The number of benzene rings is 1. The minimum atomic E-state index is 0.343. The zero-order chi connectivity index (χ0) is 15.5. The highest BCUT2D eigenvalue weighted by Gasteiger charge is 2.17. The minimum absolute atomic E-state index is 0.343. The molecule has 0 amide bonds. The summed E-state index contributed by atoms with van der Waals surface area (Å²) in [4.78, 5) is 8.97. The summed E-state index contributed by atoms with van der Waals surface area (Å²) in [6.07, 6.45) is 3.64. The molecule has 0 saturated carbocycles. The first-order valence-corrected chi connectivity index (χ1v) is 8.61. The highest BCUT2D eigenvalue weighted by atomic mass is 79.9. The molecule has 1 saturated heterocycles. The molecule has 1 aromatic carbocycles. The van der Waals surface area contributed by atoms with Crippen molar-refractivity contribution in [1.82, 2.24) is 15.3 Å². The molecule has 1 aromatic heterocycles. The summed E-state index contributed by atoms with van der Waals surface area (Å²) < 4.78 is 0.982. The van der Waals surface area contributed by atoms with Crippen LogP contribution in [0, 0.1) is 5.92 Å². The van der Waals surface area contributed by atoms with Gasteiger partial charge < -0.3 is 16.4 Å². The van der Waals surface area contributed by atoms with Gasteiger partial charge in [0.2, 0.25) is 5.95 Å². The van der Waals surface area contributed by atoms with Crippen LogP contribution in [0.4, 0.5) is 11.8 Å². The molecule has 0 bridgehead atoms. The van der Waals surface area contributed by atoms with E-state index in [1.54, 1.807) is 0 Å². The molecule has 1 fully saturated rings. The van der Waals surface area contributed by atoms with E-state index < -0.39 is 0 Å². The van der Waals surface area contributed by atoms with Crippen LogP contribution in [0.1, 0.15) is 26.2 Å². The molecule has 1 aliphatic heterocycles. The highest BCUT2D eigenvalue weighted by molar-refractivity contribution is 9.10. The molecule has 118 valence electrons. The molecule has 1 atom stereocenters. The Morgan fingerprint density at radius 2 is 2.14 bits per heavy atom. The number of nitrogen functional groups attached to an aromatic ring is 1. The molecular formula is C16H22BrN5. The maximum Gasteiger partial charge on any atom is 0.225 e. The molecule has 1 aliphatic rings. The summed E-state index contributed by atoms with van der Waals surface area (Å²) in [5.74, 6) is 1.91. The maximum atomic E-state index is 6.07. The van der Waals surface area contributed by atoms with Crippen molar-refractivity contribution < 1.29 is 0 Å². The monoisotopic (exact) mass is 363 g/mol. The first kappa shape index (κ1) is 15.5. The fraction of sp³-hybridized carbons (Fsp3) is 0.500. The molecular weight excluding hydrogens is 342 g/mol. The predicted octanol–water partition coefficient (Wildman–Crippen LogP) is 3.16. The normalized spacial score (nSPS) is 17.5. The van der Waals surface area contributed by atoms with E-state index in [1.807, 2.05) is 18.2 Å². The van der Waals surface area contributed by atoms with Crippen LogP contribution in [-0.2, 0) is 0 Å². The van der Waals surface area contributed by atoms with Gasteiger partial charge in [-0.15, -0.1) is 0 Å². The SMILES string of the molecule is CC(CC1CCNCC1)Nc1nc(N)c2cc(Br)ccc2n1. The van der Waals surface area contributed by atoms with Crippen LogP contribution in [0.15, 0.2) is 22.7 Å². The summed E-state index contributed by atoms with van der Waals surface area (Å²) in [6.45, 7) is 4.45.